The Morgan fingerprint density at radius 1 is 1.26 bits per heavy atom. The molecule has 0 fully saturated rings. The number of nitrogens with one attached hydrogen (secondary N) is 2. The molecular weight excluding hydrogens is 350 g/mol. The van der Waals surface area contributed by atoms with Crippen molar-refractivity contribution in [2.45, 2.75) is 19.8 Å². The van der Waals surface area contributed by atoms with Gasteiger partial charge < -0.3 is 10.1 Å². The summed E-state index contributed by atoms with van der Waals surface area (Å²) in [5.41, 5.74) is 1.72. The molecule has 0 radical (unpaired) electrons. The summed E-state index contributed by atoms with van der Waals surface area (Å²) < 4.78 is 7.02. The molecule has 4 rings (SSSR count). The summed E-state index contributed by atoms with van der Waals surface area (Å²) in [4.78, 5) is 21.0. The molecule has 0 bridgehead atoms. The van der Waals surface area contributed by atoms with Crippen molar-refractivity contribution in [2.75, 3.05) is 5.32 Å². The van der Waals surface area contributed by atoms with Crippen LogP contribution in [-0.2, 0) is 0 Å². The lowest BCUT2D eigenvalue weighted by atomic mass is 10.1. The van der Waals surface area contributed by atoms with Crippen LogP contribution in [0, 0.1) is 0 Å². The summed E-state index contributed by atoms with van der Waals surface area (Å²) in [6.45, 7) is 4.03. The fourth-order valence-corrected chi connectivity index (χ4v) is 2.47. The van der Waals surface area contributed by atoms with Crippen LogP contribution in [0.25, 0.3) is 5.78 Å². The maximum atomic E-state index is 12.6. The number of hydrogen-bond donors (Lipinski definition) is 2. The fourth-order valence-electron chi connectivity index (χ4n) is 2.47. The predicted octanol–water partition coefficient (Wildman–Crippen LogP) is 1.81. The number of fused-ring (bicyclic) bond motifs is 1. The molecule has 11 heteroatoms. The lowest BCUT2D eigenvalue weighted by Gasteiger charge is -2.10. The molecule has 0 aliphatic heterocycles. The fraction of sp³-hybridized carbons (Fsp3) is 0.188. The zero-order chi connectivity index (χ0) is 18.8. The average Bonchev–Trinajstić information content (AvgIpc) is 3.33. The maximum Gasteiger partial charge on any atom is 0.361 e. The van der Waals surface area contributed by atoms with Crippen molar-refractivity contribution in [3.63, 3.8) is 0 Å². The Bertz CT molecular complexity index is 1070. The Morgan fingerprint density at radius 2 is 2.07 bits per heavy atom. The number of amides is 1. The van der Waals surface area contributed by atoms with Gasteiger partial charge in [0.2, 0.25) is 0 Å². The number of benzene rings is 1. The Balaban J connectivity index is 1.52. The number of anilines is 1. The molecule has 0 aliphatic rings. The van der Waals surface area contributed by atoms with E-state index in [0.29, 0.717) is 17.2 Å². The van der Waals surface area contributed by atoms with Crippen LogP contribution < -0.4 is 10.1 Å². The number of H-pyrrole nitrogens is 1. The van der Waals surface area contributed by atoms with E-state index < -0.39 is 0 Å². The summed E-state index contributed by atoms with van der Waals surface area (Å²) in [6, 6.07) is 8.59. The van der Waals surface area contributed by atoms with Gasteiger partial charge in [-0.3, -0.25) is 4.79 Å². The van der Waals surface area contributed by atoms with E-state index in [2.05, 4.69) is 41.0 Å². The quantitative estimate of drug-likeness (QED) is 0.546. The average molecular weight is 365 g/mol. The van der Waals surface area contributed by atoms with Gasteiger partial charge in [-0.25, -0.2) is 9.50 Å². The molecule has 0 saturated carbocycles. The third kappa shape index (κ3) is 3.42. The first kappa shape index (κ1) is 16.6. The SMILES string of the molecule is CC(C)c1cc(C(=O)Nc2ccc(Oc3nn[nH]n3)cc2)nc2ncnn12. The minimum Gasteiger partial charge on any atom is -0.422 e. The van der Waals surface area contributed by atoms with Crippen molar-refractivity contribution < 1.29 is 9.53 Å². The molecule has 0 aliphatic carbocycles. The largest absolute Gasteiger partial charge is 0.422 e. The van der Waals surface area contributed by atoms with Crippen molar-refractivity contribution in [3.8, 4) is 11.8 Å². The van der Waals surface area contributed by atoms with Crippen LogP contribution in [0.4, 0.5) is 5.69 Å². The van der Waals surface area contributed by atoms with Gasteiger partial charge in [-0.15, -0.1) is 0 Å². The second-order valence-electron chi connectivity index (χ2n) is 5.97. The van der Waals surface area contributed by atoms with Gasteiger partial charge in [0.05, 0.1) is 5.69 Å². The highest BCUT2D eigenvalue weighted by Crippen LogP contribution is 2.20. The van der Waals surface area contributed by atoms with Gasteiger partial charge in [-0.1, -0.05) is 24.0 Å². The summed E-state index contributed by atoms with van der Waals surface area (Å²) >= 11 is 0. The summed E-state index contributed by atoms with van der Waals surface area (Å²) in [7, 11) is 0. The van der Waals surface area contributed by atoms with Crippen LogP contribution in [-0.4, -0.2) is 46.1 Å². The second kappa shape index (κ2) is 6.78. The maximum absolute atomic E-state index is 12.6. The number of carbonyl (C=O) groups excluding carboxylic acids is 1. The summed E-state index contributed by atoms with van der Waals surface area (Å²) in [5, 5.41) is 20.1. The highest BCUT2D eigenvalue weighted by atomic mass is 16.5. The second-order valence-corrected chi connectivity index (χ2v) is 5.97. The summed E-state index contributed by atoms with van der Waals surface area (Å²) in [5.74, 6) is 0.717. The Kier molecular flexibility index (Phi) is 4.16. The van der Waals surface area contributed by atoms with Crippen molar-refractivity contribution >= 4 is 17.4 Å². The van der Waals surface area contributed by atoms with E-state index in [9.17, 15) is 4.79 Å². The van der Waals surface area contributed by atoms with Crippen molar-refractivity contribution in [2.24, 2.45) is 0 Å². The molecule has 0 saturated heterocycles. The number of rotatable bonds is 5. The first-order chi connectivity index (χ1) is 13.1. The van der Waals surface area contributed by atoms with Gasteiger partial charge in [0, 0.05) is 5.69 Å². The van der Waals surface area contributed by atoms with Crippen LogP contribution in [0.2, 0.25) is 0 Å². The number of tetrazole rings is 1. The van der Waals surface area contributed by atoms with E-state index in [4.69, 9.17) is 4.74 Å². The molecule has 11 nitrogen and oxygen atoms in total. The van der Waals surface area contributed by atoms with Crippen molar-refractivity contribution in [3.05, 3.63) is 48.0 Å². The molecule has 3 heterocycles. The van der Waals surface area contributed by atoms with E-state index in [1.807, 2.05) is 13.8 Å². The number of aromatic nitrogens is 8. The van der Waals surface area contributed by atoms with E-state index in [-0.39, 0.29) is 23.5 Å². The molecule has 1 amide bonds. The number of nitrogens with zero attached hydrogens (tertiary/aromatic N) is 7. The molecular formula is C16H15N9O2. The third-order valence-electron chi connectivity index (χ3n) is 3.75. The topological polar surface area (TPSA) is 136 Å². The number of ether oxygens (including phenoxy) is 1. The van der Waals surface area contributed by atoms with Crippen molar-refractivity contribution in [1.29, 1.82) is 0 Å². The van der Waals surface area contributed by atoms with Crippen LogP contribution >= 0.6 is 0 Å². The Hall–Kier alpha value is -3.89. The monoisotopic (exact) mass is 365 g/mol. The molecule has 0 spiro atoms. The zero-order valence-corrected chi connectivity index (χ0v) is 14.5. The molecule has 1 aromatic carbocycles. The van der Waals surface area contributed by atoms with Crippen LogP contribution in [0.3, 0.4) is 0 Å². The zero-order valence-electron chi connectivity index (χ0n) is 14.5. The number of hydrogen-bond acceptors (Lipinski definition) is 8. The van der Waals surface area contributed by atoms with E-state index >= 15 is 0 Å². The third-order valence-corrected chi connectivity index (χ3v) is 3.75. The van der Waals surface area contributed by atoms with Gasteiger partial charge in [-0.2, -0.15) is 15.3 Å². The lowest BCUT2D eigenvalue weighted by molar-refractivity contribution is 0.102. The molecule has 0 atom stereocenters. The van der Waals surface area contributed by atoms with Gasteiger partial charge in [0.1, 0.15) is 17.8 Å². The summed E-state index contributed by atoms with van der Waals surface area (Å²) in [6.07, 6.45) is 1.42. The van der Waals surface area contributed by atoms with E-state index in [0.717, 1.165) is 5.69 Å². The van der Waals surface area contributed by atoms with Crippen LogP contribution in [0.15, 0.2) is 36.7 Å². The standard InChI is InChI=1S/C16H15N9O2/c1-9(2)13-7-12(20-15-17-8-18-25(13)15)14(26)19-10-3-5-11(6-4-10)27-16-21-23-24-22-16/h3-9H,1-2H3,(H,19,26)(H,21,22,23,24). The molecule has 4 aromatic rings. The molecule has 0 unspecified atom stereocenters. The van der Waals surface area contributed by atoms with Crippen molar-refractivity contribution in [1.82, 2.24) is 40.2 Å². The van der Waals surface area contributed by atoms with Gasteiger partial charge in [0.25, 0.3) is 11.7 Å². The molecule has 3 aromatic heterocycles. The minimum absolute atomic E-state index is 0.110. The van der Waals surface area contributed by atoms with E-state index in [1.165, 1.54) is 6.33 Å². The van der Waals surface area contributed by atoms with Crippen LogP contribution in [0.1, 0.15) is 35.9 Å². The normalized spacial score (nSPS) is 11.1. The van der Waals surface area contributed by atoms with Gasteiger partial charge in [0.15, 0.2) is 0 Å². The minimum atomic E-state index is -0.339. The highest BCUT2D eigenvalue weighted by Gasteiger charge is 2.15. The van der Waals surface area contributed by atoms with Gasteiger partial charge in [-0.05, 0) is 41.5 Å². The predicted molar refractivity (Wildman–Crippen MR) is 93.5 cm³/mol. The number of carbonyl (C=O) groups is 1. The smallest absolute Gasteiger partial charge is 0.361 e. The first-order valence-corrected chi connectivity index (χ1v) is 8.13. The molecule has 2 N–H and O–H groups in total. The Labute approximate surface area is 152 Å². The highest BCUT2D eigenvalue weighted by molar-refractivity contribution is 6.03. The lowest BCUT2D eigenvalue weighted by Crippen LogP contribution is -2.16. The van der Waals surface area contributed by atoms with Gasteiger partial charge >= 0.3 is 6.01 Å². The first-order valence-electron chi connectivity index (χ1n) is 8.13. The van der Waals surface area contributed by atoms with Crippen LogP contribution in [0.5, 0.6) is 11.8 Å². The molecule has 136 valence electrons. The Morgan fingerprint density at radius 3 is 2.78 bits per heavy atom. The number of aromatic amines is 1. The van der Waals surface area contributed by atoms with E-state index in [1.54, 1.807) is 34.8 Å². The molecule has 27 heavy (non-hydrogen) atoms.